The molecule has 0 fully saturated rings. The van der Waals surface area contributed by atoms with Gasteiger partial charge in [0, 0.05) is 32.5 Å². The van der Waals surface area contributed by atoms with E-state index in [0.717, 1.165) is 19.6 Å². The van der Waals surface area contributed by atoms with Crippen molar-refractivity contribution in [2.45, 2.75) is 20.0 Å². The van der Waals surface area contributed by atoms with Gasteiger partial charge in [-0.3, -0.25) is 0 Å². The largest absolute Gasteiger partial charge is 0.338 e. The van der Waals surface area contributed by atoms with Gasteiger partial charge in [0.2, 0.25) is 0 Å². The standard InChI is InChI=1S/C16H17BrN2S/c1-2-18-9-14-7-12-5-3-4-6-16(12)19(14)10-15-8-13(17)11-20-15/h3-8,11,18H,2,9-10H2,1H3. The van der Waals surface area contributed by atoms with Crippen LogP contribution in [0.2, 0.25) is 0 Å². The molecule has 2 aromatic heterocycles. The Labute approximate surface area is 131 Å². The molecule has 0 aliphatic rings. The first kappa shape index (κ1) is 13.9. The van der Waals surface area contributed by atoms with Gasteiger partial charge in [0.1, 0.15) is 0 Å². The highest BCUT2D eigenvalue weighted by atomic mass is 79.9. The van der Waals surface area contributed by atoms with Crippen LogP contribution in [0, 0.1) is 0 Å². The predicted octanol–water partition coefficient (Wildman–Crippen LogP) is 4.62. The Kier molecular flexibility index (Phi) is 4.24. The molecule has 0 radical (unpaired) electrons. The SMILES string of the molecule is CCNCc1cc2ccccc2n1Cc1cc(Br)cs1. The number of nitrogens with one attached hydrogen (secondary N) is 1. The lowest BCUT2D eigenvalue weighted by atomic mass is 10.2. The summed E-state index contributed by atoms with van der Waals surface area (Å²) in [6.45, 7) is 4.98. The highest BCUT2D eigenvalue weighted by Gasteiger charge is 2.09. The first-order valence-corrected chi connectivity index (χ1v) is 8.46. The summed E-state index contributed by atoms with van der Waals surface area (Å²) in [5, 5.41) is 6.89. The van der Waals surface area contributed by atoms with E-state index >= 15 is 0 Å². The number of aromatic nitrogens is 1. The summed E-state index contributed by atoms with van der Waals surface area (Å²) in [5.41, 5.74) is 2.66. The number of fused-ring (bicyclic) bond motifs is 1. The third kappa shape index (κ3) is 2.82. The molecule has 0 saturated heterocycles. The second kappa shape index (κ2) is 6.12. The number of hydrogen-bond acceptors (Lipinski definition) is 2. The van der Waals surface area contributed by atoms with Gasteiger partial charge in [-0.05, 0) is 46.1 Å². The quantitative estimate of drug-likeness (QED) is 0.711. The normalized spacial score (nSPS) is 11.3. The van der Waals surface area contributed by atoms with Crippen molar-refractivity contribution in [3.63, 3.8) is 0 Å². The monoisotopic (exact) mass is 348 g/mol. The number of rotatable bonds is 5. The zero-order valence-electron chi connectivity index (χ0n) is 11.4. The fourth-order valence-corrected chi connectivity index (χ4v) is 3.89. The molecule has 3 rings (SSSR count). The average molecular weight is 349 g/mol. The van der Waals surface area contributed by atoms with Crippen molar-refractivity contribution in [2.75, 3.05) is 6.54 Å². The Hall–Kier alpha value is -1.10. The van der Waals surface area contributed by atoms with Crippen molar-refractivity contribution in [1.29, 1.82) is 0 Å². The molecule has 4 heteroatoms. The van der Waals surface area contributed by atoms with Crippen LogP contribution in [0.5, 0.6) is 0 Å². The van der Waals surface area contributed by atoms with E-state index in [4.69, 9.17) is 0 Å². The van der Waals surface area contributed by atoms with Crippen LogP contribution in [0.3, 0.4) is 0 Å². The molecule has 0 spiro atoms. The lowest BCUT2D eigenvalue weighted by Crippen LogP contribution is -2.15. The van der Waals surface area contributed by atoms with Crippen molar-refractivity contribution >= 4 is 38.2 Å². The first-order chi connectivity index (χ1) is 9.78. The molecule has 3 aromatic rings. The van der Waals surface area contributed by atoms with Gasteiger partial charge in [0.25, 0.3) is 0 Å². The number of para-hydroxylation sites is 1. The summed E-state index contributed by atoms with van der Waals surface area (Å²) in [5.74, 6) is 0. The van der Waals surface area contributed by atoms with Gasteiger partial charge in [-0.2, -0.15) is 0 Å². The molecule has 2 heterocycles. The van der Waals surface area contributed by atoms with E-state index in [0.29, 0.717) is 0 Å². The van der Waals surface area contributed by atoms with E-state index in [9.17, 15) is 0 Å². The summed E-state index contributed by atoms with van der Waals surface area (Å²) in [7, 11) is 0. The third-order valence-electron chi connectivity index (χ3n) is 3.39. The lowest BCUT2D eigenvalue weighted by molar-refractivity contribution is 0.669. The summed E-state index contributed by atoms with van der Waals surface area (Å²) < 4.78 is 3.58. The summed E-state index contributed by atoms with van der Waals surface area (Å²) in [6.07, 6.45) is 0. The van der Waals surface area contributed by atoms with Crippen LogP contribution in [-0.2, 0) is 13.1 Å². The predicted molar refractivity (Wildman–Crippen MR) is 90.4 cm³/mol. The molecule has 0 bridgehead atoms. The van der Waals surface area contributed by atoms with E-state index < -0.39 is 0 Å². The molecule has 0 amide bonds. The second-order valence-corrected chi connectivity index (χ2v) is 6.70. The number of thiophene rings is 1. The second-order valence-electron chi connectivity index (χ2n) is 4.79. The van der Waals surface area contributed by atoms with Crippen LogP contribution in [0.25, 0.3) is 10.9 Å². The third-order valence-corrected chi connectivity index (χ3v) is 5.07. The van der Waals surface area contributed by atoms with Crippen LogP contribution in [-0.4, -0.2) is 11.1 Å². The lowest BCUT2D eigenvalue weighted by Gasteiger charge is -2.10. The van der Waals surface area contributed by atoms with Crippen LogP contribution in [0.4, 0.5) is 0 Å². The number of hydrogen-bond donors (Lipinski definition) is 1. The molecule has 0 atom stereocenters. The van der Waals surface area contributed by atoms with Gasteiger partial charge in [0.05, 0.1) is 6.54 Å². The number of halogens is 1. The Bertz CT molecular complexity index is 714. The molecule has 1 aromatic carbocycles. The van der Waals surface area contributed by atoms with Crippen molar-refractivity contribution in [3.8, 4) is 0 Å². The van der Waals surface area contributed by atoms with Crippen LogP contribution in [0.15, 0.2) is 46.3 Å². The smallest absolute Gasteiger partial charge is 0.0573 e. The minimum atomic E-state index is 0.914. The zero-order chi connectivity index (χ0) is 13.9. The minimum absolute atomic E-state index is 0.914. The van der Waals surface area contributed by atoms with Crippen molar-refractivity contribution in [3.05, 3.63) is 56.8 Å². The molecule has 1 N–H and O–H groups in total. The summed E-state index contributed by atoms with van der Waals surface area (Å²) in [6, 6.07) is 13.1. The molecule has 0 unspecified atom stereocenters. The Morgan fingerprint density at radius 1 is 1.25 bits per heavy atom. The van der Waals surface area contributed by atoms with Gasteiger partial charge in [-0.25, -0.2) is 0 Å². The number of benzene rings is 1. The van der Waals surface area contributed by atoms with Crippen LogP contribution < -0.4 is 5.32 Å². The van der Waals surface area contributed by atoms with Gasteiger partial charge < -0.3 is 9.88 Å². The molecule has 0 aliphatic heterocycles. The fraction of sp³-hybridized carbons (Fsp3) is 0.250. The maximum Gasteiger partial charge on any atom is 0.0573 e. The first-order valence-electron chi connectivity index (χ1n) is 6.78. The summed E-state index contributed by atoms with van der Waals surface area (Å²) >= 11 is 5.34. The maximum atomic E-state index is 3.54. The van der Waals surface area contributed by atoms with E-state index in [-0.39, 0.29) is 0 Å². The van der Waals surface area contributed by atoms with E-state index in [1.165, 1.54) is 25.9 Å². The highest BCUT2D eigenvalue weighted by Crippen LogP contribution is 2.25. The molecule has 0 saturated carbocycles. The van der Waals surface area contributed by atoms with Gasteiger partial charge >= 0.3 is 0 Å². The maximum absolute atomic E-state index is 3.54. The molecule has 104 valence electrons. The Balaban J connectivity index is 2.01. The van der Waals surface area contributed by atoms with Crippen molar-refractivity contribution in [1.82, 2.24) is 9.88 Å². The van der Waals surface area contributed by atoms with Gasteiger partial charge in [-0.15, -0.1) is 11.3 Å². The molecule has 20 heavy (non-hydrogen) atoms. The van der Waals surface area contributed by atoms with Gasteiger partial charge in [0.15, 0.2) is 0 Å². The molecular weight excluding hydrogens is 332 g/mol. The molecule has 0 aliphatic carbocycles. The van der Waals surface area contributed by atoms with Crippen molar-refractivity contribution < 1.29 is 0 Å². The molecular formula is C16H17BrN2S. The van der Waals surface area contributed by atoms with Crippen molar-refractivity contribution in [2.24, 2.45) is 0 Å². The molecule has 2 nitrogen and oxygen atoms in total. The topological polar surface area (TPSA) is 17.0 Å². The van der Waals surface area contributed by atoms with Crippen LogP contribution in [0.1, 0.15) is 17.5 Å². The number of nitrogens with zero attached hydrogens (tertiary/aromatic N) is 1. The van der Waals surface area contributed by atoms with E-state index in [2.05, 4.69) is 74.5 Å². The van der Waals surface area contributed by atoms with Gasteiger partial charge in [-0.1, -0.05) is 25.1 Å². The Morgan fingerprint density at radius 3 is 2.85 bits per heavy atom. The average Bonchev–Trinajstić information content (AvgIpc) is 3.02. The highest BCUT2D eigenvalue weighted by molar-refractivity contribution is 9.10. The fourth-order valence-electron chi connectivity index (χ4n) is 2.45. The minimum Gasteiger partial charge on any atom is -0.338 e. The summed E-state index contributed by atoms with van der Waals surface area (Å²) in [4.78, 5) is 1.37. The van der Waals surface area contributed by atoms with E-state index in [1.54, 1.807) is 11.3 Å². The van der Waals surface area contributed by atoms with Crippen LogP contribution >= 0.6 is 27.3 Å². The van der Waals surface area contributed by atoms with E-state index in [1.807, 2.05) is 0 Å². The Morgan fingerprint density at radius 2 is 2.10 bits per heavy atom. The zero-order valence-corrected chi connectivity index (χ0v) is 13.8.